The molecule has 1 aliphatic heterocycles. The molecule has 2 heterocycles. The van der Waals surface area contributed by atoms with E-state index in [1.165, 1.54) is 38.0 Å². The lowest BCUT2D eigenvalue weighted by atomic mass is 9.95. The number of hydrogen-bond acceptors (Lipinski definition) is 10. The Kier molecular flexibility index (Phi) is 7.98. The monoisotopic (exact) mass is 573 g/mol. The number of nitrogens with zero attached hydrogens (tertiary/aromatic N) is 2. The summed E-state index contributed by atoms with van der Waals surface area (Å²) in [5, 5.41) is 10.2. The molecule has 1 aliphatic rings. The van der Waals surface area contributed by atoms with Crippen molar-refractivity contribution in [3.05, 3.63) is 77.4 Å². The lowest BCUT2D eigenvalue weighted by molar-refractivity contribution is -0.136. The van der Waals surface area contributed by atoms with E-state index in [2.05, 4.69) is 4.99 Å². The molecule has 1 unspecified atom stereocenters. The fourth-order valence-corrected chi connectivity index (χ4v) is 5.37. The predicted octanol–water partition coefficient (Wildman–Crippen LogP) is 1.65. The van der Waals surface area contributed by atoms with Crippen molar-refractivity contribution in [3.8, 4) is 23.0 Å². The second-order valence-electron chi connectivity index (χ2n) is 8.29. The van der Waals surface area contributed by atoms with Gasteiger partial charge in [0.1, 0.15) is 0 Å². The summed E-state index contributed by atoms with van der Waals surface area (Å²) >= 11 is 7.38. The third kappa shape index (κ3) is 5.33. The molecular weight excluding hydrogens is 550 g/mol. The van der Waals surface area contributed by atoms with Crippen molar-refractivity contribution in [1.82, 2.24) is 4.57 Å². The average Bonchev–Trinajstić information content (AvgIpc) is 3.21. The Bertz CT molecular complexity index is 1690. The quantitative estimate of drug-likeness (QED) is 0.386. The van der Waals surface area contributed by atoms with Gasteiger partial charge in [0.15, 0.2) is 34.4 Å². The number of amides is 1. The number of rotatable bonds is 8. The highest BCUT2D eigenvalue weighted by Gasteiger charge is 2.34. The van der Waals surface area contributed by atoms with Crippen molar-refractivity contribution in [2.45, 2.75) is 13.0 Å². The number of phenols is 1. The zero-order valence-corrected chi connectivity index (χ0v) is 22.9. The largest absolute Gasteiger partial charge is 0.503 e. The number of halogens is 1. The Hall–Kier alpha value is -4.29. The maximum Gasteiger partial charge on any atom is 0.338 e. The normalized spacial score (nSPS) is 14.9. The SMILES string of the molecule is COC(=O)C1=C(C)N=c2s/c(=C\c3ccc(OCC(N)=O)c(OC)c3)c(=O)n2C1c1cc(Cl)c(O)c(OC)c1. The molecule has 204 valence electrons. The number of fused-ring (bicyclic) bond motifs is 1. The van der Waals surface area contributed by atoms with Gasteiger partial charge in [0.25, 0.3) is 11.5 Å². The zero-order valence-electron chi connectivity index (χ0n) is 21.3. The molecule has 3 aromatic rings. The summed E-state index contributed by atoms with van der Waals surface area (Å²) in [5.41, 5.74) is 6.24. The van der Waals surface area contributed by atoms with E-state index in [4.69, 9.17) is 36.3 Å². The van der Waals surface area contributed by atoms with Gasteiger partial charge in [-0.2, -0.15) is 0 Å². The third-order valence-corrected chi connectivity index (χ3v) is 7.14. The number of aromatic nitrogens is 1. The van der Waals surface area contributed by atoms with Crippen LogP contribution in [0.15, 0.2) is 51.4 Å². The van der Waals surface area contributed by atoms with Gasteiger partial charge >= 0.3 is 5.97 Å². The van der Waals surface area contributed by atoms with Crippen molar-refractivity contribution in [2.24, 2.45) is 10.7 Å². The van der Waals surface area contributed by atoms with Crippen LogP contribution in [0, 0.1) is 0 Å². The van der Waals surface area contributed by atoms with Gasteiger partial charge in [-0.05, 0) is 48.4 Å². The summed E-state index contributed by atoms with van der Waals surface area (Å²) in [6, 6.07) is 6.92. The van der Waals surface area contributed by atoms with E-state index in [0.717, 1.165) is 11.3 Å². The molecule has 4 rings (SSSR count). The van der Waals surface area contributed by atoms with Crippen LogP contribution in [0.4, 0.5) is 0 Å². The summed E-state index contributed by atoms with van der Waals surface area (Å²) in [6.07, 6.45) is 1.64. The number of ether oxygens (including phenoxy) is 4. The van der Waals surface area contributed by atoms with E-state index >= 15 is 0 Å². The van der Waals surface area contributed by atoms with Crippen LogP contribution >= 0.6 is 22.9 Å². The van der Waals surface area contributed by atoms with Crippen LogP contribution in [0.1, 0.15) is 24.1 Å². The molecule has 39 heavy (non-hydrogen) atoms. The number of allylic oxidation sites excluding steroid dienone is 1. The smallest absolute Gasteiger partial charge is 0.338 e. The molecule has 0 spiro atoms. The number of thiazole rings is 1. The standard InChI is InChI=1S/C26H24ClN3O8S/c1-12-21(25(34)37-4)22(14-9-15(27)23(32)18(10-14)36-3)30-24(33)19(39-26(30)29-12)8-13-5-6-16(17(7-13)35-2)38-11-20(28)31/h5-10,22,32H,11H2,1-4H3,(H2,28,31)/b19-8-. The molecule has 0 saturated carbocycles. The van der Waals surface area contributed by atoms with Crippen LogP contribution in [0.5, 0.6) is 23.0 Å². The second-order valence-corrected chi connectivity index (χ2v) is 9.71. The van der Waals surface area contributed by atoms with E-state index in [0.29, 0.717) is 37.7 Å². The van der Waals surface area contributed by atoms with Crippen molar-refractivity contribution in [3.63, 3.8) is 0 Å². The number of primary amides is 1. The van der Waals surface area contributed by atoms with Crippen molar-refractivity contribution < 1.29 is 33.6 Å². The van der Waals surface area contributed by atoms with Gasteiger partial charge in [0, 0.05) is 0 Å². The highest BCUT2D eigenvalue weighted by Crippen LogP contribution is 2.40. The summed E-state index contributed by atoms with van der Waals surface area (Å²) in [6.45, 7) is 1.33. The van der Waals surface area contributed by atoms with E-state index in [1.807, 2.05) is 0 Å². The number of esters is 1. The Morgan fingerprint density at radius 3 is 2.51 bits per heavy atom. The van der Waals surface area contributed by atoms with Crippen LogP contribution in [-0.4, -0.2) is 49.5 Å². The molecular formula is C26H24ClN3O8S. The van der Waals surface area contributed by atoms with Crippen LogP contribution in [0.25, 0.3) is 6.08 Å². The fourth-order valence-electron chi connectivity index (χ4n) is 4.11. The van der Waals surface area contributed by atoms with Crippen LogP contribution < -0.4 is 34.8 Å². The molecule has 3 N–H and O–H groups in total. The highest BCUT2D eigenvalue weighted by atomic mass is 35.5. The first kappa shape index (κ1) is 27.7. The third-order valence-electron chi connectivity index (χ3n) is 5.87. The maximum absolute atomic E-state index is 13.8. The van der Waals surface area contributed by atoms with Gasteiger partial charge in [-0.15, -0.1) is 0 Å². The van der Waals surface area contributed by atoms with E-state index in [9.17, 15) is 19.5 Å². The van der Waals surface area contributed by atoms with E-state index in [-0.39, 0.29) is 28.7 Å². The molecule has 1 atom stereocenters. The first-order chi connectivity index (χ1) is 18.6. The minimum atomic E-state index is -0.957. The van der Waals surface area contributed by atoms with Gasteiger partial charge in [0.05, 0.1) is 48.2 Å². The summed E-state index contributed by atoms with van der Waals surface area (Å²) in [5.74, 6) is -0.852. The number of phenolic OH excluding ortho intramolecular Hbond substituents is 1. The zero-order chi connectivity index (χ0) is 28.4. The summed E-state index contributed by atoms with van der Waals surface area (Å²) in [4.78, 5) is 42.5. The molecule has 2 aromatic carbocycles. The first-order valence-corrected chi connectivity index (χ1v) is 12.5. The summed E-state index contributed by atoms with van der Waals surface area (Å²) < 4.78 is 22.7. The van der Waals surface area contributed by atoms with Gasteiger partial charge in [-0.25, -0.2) is 9.79 Å². The van der Waals surface area contributed by atoms with Crippen LogP contribution in [0.2, 0.25) is 5.02 Å². The summed E-state index contributed by atoms with van der Waals surface area (Å²) in [7, 11) is 4.04. The number of carbonyl (C=O) groups excluding carboxylic acids is 2. The number of methoxy groups -OCH3 is 3. The predicted molar refractivity (Wildman–Crippen MR) is 143 cm³/mol. The van der Waals surface area contributed by atoms with Gasteiger partial charge in [0.2, 0.25) is 0 Å². The fraction of sp³-hybridized carbons (Fsp3) is 0.231. The lowest BCUT2D eigenvalue weighted by Crippen LogP contribution is -2.39. The van der Waals surface area contributed by atoms with Crippen LogP contribution in [-0.2, 0) is 14.3 Å². The Morgan fingerprint density at radius 2 is 1.87 bits per heavy atom. The molecule has 1 aromatic heterocycles. The maximum atomic E-state index is 13.8. The number of benzene rings is 2. The lowest BCUT2D eigenvalue weighted by Gasteiger charge is -2.25. The minimum Gasteiger partial charge on any atom is -0.503 e. The van der Waals surface area contributed by atoms with E-state index in [1.54, 1.807) is 31.2 Å². The van der Waals surface area contributed by atoms with Crippen molar-refractivity contribution in [2.75, 3.05) is 27.9 Å². The average molecular weight is 574 g/mol. The Labute approximate surface area is 231 Å². The molecule has 0 saturated heterocycles. The Balaban J connectivity index is 1.90. The topological polar surface area (TPSA) is 152 Å². The molecule has 11 nitrogen and oxygen atoms in total. The number of carbonyl (C=O) groups is 2. The number of hydrogen-bond donors (Lipinski definition) is 2. The Morgan fingerprint density at radius 1 is 1.15 bits per heavy atom. The second kappa shape index (κ2) is 11.2. The molecule has 0 bridgehead atoms. The molecule has 1 amide bonds. The van der Waals surface area contributed by atoms with Crippen molar-refractivity contribution >= 4 is 40.9 Å². The number of nitrogens with two attached hydrogens (primary N) is 1. The number of aromatic hydroxyl groups is 1. The van der Waals surface area contributed by atoms with Gasteiger partial charge < -0.3 is 29.8 Å². The van der Waals surface area contributed by atoms with Crippen molar-refractivity contribution in [1.29, 1.82) is 0 Å². The van der Waals surface area contributed by atoms with Crippen LogP contribution in [0.3, 0.4) is 0 Å². The minimum absolute atomic E-state index is 0.0175. The van der Waals surface area contributed by atoms with E-state index < -0.39 is 23.5 Å². The highest BCUT2D eigenvalue weighted by molar-refractivity contribution is 7.07. The molecule has 13 heteroatoms. The van der Waals surface area contributed by atoms with Gasteiger partial charge in [-0.3, -0.25) is 14.2 Å². The van der Waals surface area contributed by atoms with Gasteiger partial charge in [-0.1, -0.05) is 29.0 Å². The molecule has 0 aliphatic carbocycles. The molecule has 0 radical (unpaired) electrons. The molecule has 0 fully saturated rings. The first-order valence-electron chi connectivity index (χ1n) is 11.4.